The van der Waals surface area contributed by atoms with Crippen molar-refractivity contribution in [3.63, 3.8) is 0 Å². The Morgan fingerprint density at radius 3 is 2.25 bits per heavy atom. The topological polar surface area (TPSA) is 56.3 Å². The SMILES string of the molecule is C=C(/C=C\C)CCNC(=C)NCCCc1ccc(O)cc1.CNC. The van der Waals surface area contributed by atoms with Crippen LogP contribution in [0.3, 0.4) is 0 Å². The summed E-state index contributed by atoms with van der Waals surface area (Å²) in [4.78, 5) is 0. The molecule has 0 atom stereocenters. The second kappa shape index (κ2) is 14.4. The van der Waals surface area contributed by atoms with Crippen molar-refractivity contribution >= 4 is 0 Å². The van der Waals surface area contributed by atoms with E-state index in [2.05, 4.69) is 29.1 Å². The summed E-state index contributed by atoms with van der Waals surface area (Å²) in [5.74, 6) is 1.17. The fourth-order valence-electron chi connectivity index (χ4n) is 1.95. The molecule has 0 amide bonds. The molecule has 0 saturated carbocycles. The van der Waals surface area contributed by atoms with E-state index < -0.39 is 0 Å². The first-order valence-electron chi connectivity index (χ1n) is 8.37. The Hall–Kier alpha value is -2.20. The fourth-order valence-corrected chi connectivity index (χ4v) is 1.95. The predicted molar refractivity (Wildman–Crippen MR) is 105 cm³/mol. The first kappa shape index (κ1) is 21.8. The maximum atomic E-state index is 9.21. The van der Waals surface area contributed by atoms with Crippen LogP contribution in [-0.4, -0.2) is 32.3 Å². The predicted octanol–water partition coefficient (Wildman–Crippen LogP) is 3.33. The summed E-state index contributed by atoms with van der Waals surface area (Å²) in [7, 11) is 3.75. The zero-order chi connectivity index (χ0) is 18.2. The third kappa shape index (κ3) is 12.4. The van der Waals surface area contributed by atoms with E-state index in [1.807, 2.05) is 45.3 Å². The molecule has 0 unspecified atom stereocenters. The van der Waals surface area contributed by atoms with E-state index in [1.54, 1.807) is 12.1 Å². The molecule has 0 aliphatic heterocycles. The second-order valence-corrected chi connectivity index (χ2v) is 5.51. The summed E-state index contributed by atoms with van der Waals surface area (Å²) in [5.41, 5.74) is 2.35. The number of benzene rings is 1. The third-order valence-electron chi connectivity index (χ3n) is 3.10. The average Bonchev–Trinajstić information content (AvgIpc) is 2.54. The summed E-state index contributed by atoms with van der Waals surface area (Å²) in [5, 5.41) is 18.5. The highest BCUT2D eigenvalue weighted by molar-refractivity contribution is 5.25. The highest BCUT2D eigenvalue weighted by Gasteiger charge is 1.96. The quantitative estimate of drug-likeness (QED) is 0.392. The standard InChI is InChI=1S/C18H26N2O.C2H7N/c1-4-6-15(2)12-14-20-16(3)19-13-5-7-17-8-10-18(21)11-9-17;1-3-2/h4,6,8-11,19-21H,2-3,5,7,12-14H2,1H3;3H,1-2H3/b6-4-;. The summed E-state index contributed by atoms with van der Waals surface area (Å²) in [6.07, 6.45) is 6.95. The van der Waals surface area contributed by atoms with E-state index in [-0.39, 0.29) is 0 Å². The average molecular weight is 332 g/mol. The van der Waals surface area contributed by atoms with Gasteiger partial charge in [-0.05, 0) is 58.0 Å². The van der Waals surface area contributed by atoms with Crippen molar-refractivity contribution in [3.05, 3.63) is 66.5 Å². The molecule has 0 radical (unpaired) electrons. The normalized spacial score (nSPS) is 9.96. The van der Waals surface area contributed by atoms with Crippen LogP contribution in [0, 0.1) is 0 Å². The van der Waals surface area contributed by atoms with Crippen molar-refractivity contribution < 1.29 is 5.11 Å². The summed E-state index contributed by atoms with van der Waals surface area (Å²) in [6.45, 7) is 11.6. The van der Waals surface area contributed by atoms with Gasteiger partial charge in [-0.2, -0.15) is 0 Å². The molecule has 1 aromatic rings. The number of phenols is 1. The lowest BCUT2D eigenvalue weighted by molar-refractivity contribution is 0.475. The molecule has 0 aliphatic rings. The lowest BCUT2D eigenvalue weighted by Crippen LogP contribution is -2.27. The van der Waals surface area contributed by atoms with E-state index >= 15 is 0 Å². The van der Waals surface area contributed by atoms with Crippen molar-refractivity contribution in [2.45, 2.75) is 26.2 Å². The van der Waals surface area contributed by atoms with Gasteiger partial charge in [-0.1, -0.05) is 43.0 Å². The van der Waals surface area contributed by atoms with Gasteiger partial charge in [0.1, 0.15) is 5.75 Å². The lowest BCUT2D eigenvalue weighted by atomic mass is 10.1. The second-order valence-electron chi connectivity index (χ2n) is 5.51. The van der Waals surface area contributed by atoms with Gasteiger partial charge in [0.25, 0.3) is 0 Å². The molecule has 0 heterocycles. The highest BCUT2D eigenvalue weighted by atomic mass is 16.3. The van der Waals surface area contributed by atoms with Crippen molar-refractivity contribution in [2.75, 3.05) is 27.2 Å². The molecule has 1 aromatic carbocycles. The van der Waals surface area contributed by atoms with Gasteiger partial charge in [0.15, 0.2) is 0 Å². The van der Waals surface area contributed by atoms with Crippen LogP contribution in [0.5, 0.6) is 5.75 Å². The number of aryl methyl sites for hydroxylation is 1. The van der Waals surface area contributed by atoms with Crippen molar-refractivity contribution in [1.29, 1.82) is 0 Å². The van der Waals surface area contributed by atoms with Gasteiger partial charge >= 0.3 is 0 Å². The molecule has 0 saturated heterocycles. The Kier molecular flexibility index (Phi) is 13.1. The van der Waals surface area contributed by atoms with Crippen LogP contribution in [0.1, 0.15) is 25.3 Å². The zero-order valence-electron chi connectivity index (χ0n) is 15.4. The van der Waals surface area contributed by atoms with Crippen molar-refractivity contribution in [2.24, 2.45) is 0 Å². The van der Waals surface area contributed by atoms with Crippen LogP contribution < -0.4 is 16.0 Å². The van der Waals surface area contributed by atoms with E-state index in [9.17, 15) is 5.11 Å². The van der Waals surface area contributed by atoms with E-state index in [0.29, 0.717) is 5.75 Å². The van der Waals surface area contributed by atoms with Gasteiger partial charge in [0, 0.05) is 13.1 Å². The molecule has 0 spiro atoms. The number of hydrogen-bond acceptors (Lipinski definition) is 4. The molecule has 0 bridgehead atoms. The molecule has 0 fully saturated rings. The maximum Gasteiger partial charge on any atom is 0.115 e. The molecule has 4 nitrogen and oxygen atoms in total. The summed E-state index contributed by atoms with van der Waals surface area (Å²) < 4.78 is 0. The minimum Gasteiger partial charge on any atom is -0.508 e. The first-order chi connectivity index (χ1) is 11.5. The largest absolute Gasteiger partial charge is 0.508 e. The van der Waals surface area contributed by atoms with Crippen LogP contribution in [0.4, 0.5) is 0 Å². The highest BCUT2D eigenvalue weighted by Crippen LogP contribution is 2.10. The number of rotatable bonds is 10. The minimum absolute atomic E-state index is 0.314. The van der Waals surface area contributed by atoms with Gasteiger partial charge in [-0.3, -0.25) is 0 Å². The van der Waals surface area contributed by atoms with Gasteiger partial charge in [0.2, 0.25) is 0 Å². The summed E-state index contributed by atoms with van der Waals surface area (Å²) in [6, 6.07) is 7.35. The Bertz CT molecular complexity index is 492. The Morgan fingerprint density at radius 1 is 1.08 bits per heavy atom. The monoisotopic (exact) mass is 331 g/mol. The number of aromatic hydroxyl groups is 1. The van der Waals surface area contributed by atoms with Crippen LogP contribution in [-0.2, 0) is 6.42 Å². The van der Waals surface area contributed by atoms with Crippen LogP contribution in [0.2, 0.25) is 0 Å². The Morgan fingerprint density at radius 2 is 1.67 bits per heavy atom. The number of allylic oxidation sites excluding steroid dienone is 2. The van der Waals surface area contributed by atoms with E-state index in [4.69, 9.17) is 0 Å². The molecule has 134 valence electrons. The van der Waals surface area contributed by atoms with Crippen molar-refractivity contribution in [3.8, 4) is 5.75 Å². The summed E-state index contributed by atoms with van der Waals surface area (Å²) >= 11 is 0. The van der Waals surface area contributed by atoms with Gasteiger partial charge in [-0.15, -0.1) is 0 Å². The van der Waals surface area contributed by atoms with Gasteiger partial charge < -0.3 is 21.1 Å². The van der Waals surface area contributed by atoms with Crippen molar-refractivity contribution in [1.82, 2.24) is 16.0 Å². The Balaban J connectivity index is 0.00000163. The van der Waals surface area contributed by atoms with Crippen LogP contribution in [0.25, 0.3) is 0 Å². The van der Waals surface area contributed by atoms with Gasteiger partial charge in [-0.25, -0.2) is 0 Å². The van der Waals surface area contributed by atoms with Gasteiger partial charge in [0.05, 0.1) is 5.82 Å². The van der Waals surface area contributed by atoms with E-state index in [1.165, 1.54) is 5.56 Å². The Labute approximate surface area is 147 Å². The third-order valence-corrected chi connectivity index (χ3v) is 3.10. The molecule has 4 N–H and O–H groups in total. The molecular formula is C20H33N3O. The molecule has 1 rings (SSSR count). The molecule has 0 aliphatic carbocycles. The fraction of sp³-hybridized carbons (Fsp3) is 0.400. The van der Waals surface area contributed by atoms with Crippen LogP contribution >= 0.6 is 0 Å². The molecule has 4 heteroatoms. The lowest BCUT2D eigenvalue weighted by Gasteiger charge is -2.12. The molecule has 24 heavy (non-hydrogen) atoms. The molecular weight excluding hydrogens is 298 g/mol. The number of phenolic OH excluding ortho intramolecular Hbond substituents is 1. The smallest absolute Gasteiger partial charge is 0.115 e. The first-order valence-corrected chi connectivity index (χ1v) is 8.37. The number of nitrogens with one attached hydrogen (secondary N) is 3. The zero-order valence-corrected chi connectivity index (χ0v) is 15.4. The van der Waals surface area contributed by atoms with E-state index in [0.717, 1.165) is 43.7 Å². The minimum atomic E-state index is 0.314. The molecule has 0 aromatic heterocycles. The van der Waals surface area contributed by atoms with Crippen LogP contribution in [0.15, 0.2) is 61.0 Å². The maximum absolute atomic E-state index is 9.21. The number of hydrogen-bond donors (Lipinski definition) is 4.